The molecular weight excluding hydrogens is 261 g/mol. The second-order valence-electron chi connectivity index (χ2n) is 3.23. The fraction of sp³-hybridized carbons (Fsp3) is 0.0909. The van der Waals surface area contributed by atoms with Gasteiger partial charge in [0.05, 0.1) is 0 Å². The molecule has 86 valence electrons. The van der Waals surface area contributed by atoms with Crippen LogP contribution in [0.3, 0.4) is 0 Å². The van der Waals surface area contributed by atoms with Crippen LogP contribution in [0.1, 0.15) is 10.4 Å². The lowest BCUT2D eigenvalue weighted by Gasteiger charge is -2.02. The molecule has 0 spiro atoms. The molecule has 0 unspecified atom stereocenters. The van der Waals surface area contributed by atoms with Crippen molar-refractivity contribution >= 4 is 28.1 Å². The predicted molar refractivity (Wildman–Crippen MR) is 65.6 cm³/mol. The van der Waals surface area contributed by atoms with E-state index in [0.29, 0.717) is 16.6 Å². The van der Waals surface area contributed by atoms with Crippen molar-refractivity contribution in [2.45, 2.75) is 6.54 Å². The van der Waals surface area contributed by atoms with E-state index in [2.05, 4.69) is 10.3 Å². The van der Waals surface area contributed by atoms with Gasteiger partial charge in [-0.2, -0.15) is 5.26 Å². The number of thiazole rings is 1. The fourth-order valence-corrected chi connectivity index (χ4v) is 2.21. The van der Waals surface area contributed by atoms with Crippen molar-refractivity contribution in [3.8, 4) is 6.07 Å². The molecule has 3 nitrogen and oxygen atoms in total. The number of aromatic nitrogens is 1. The number of nitrogens with zero attached hydrogens (tertiary/aromatic N) is 2. The van der Waals surface area contributed by atoms with Crippen LogP contribution in [0.5, 0.6) is 0 Å². The Kier molecular flexibility index (Phi) is 3.57. The third-order valence-corrected chi connectivity index (χ3v) is 3.32. The minimum atomic E-state index is -0.279. The molecule has 1 aromatic carbocycles. The van der Waals surface area contributed by atoms with Crippen molar-refractivity contribution in [1.82, 2.24) is 4.98 Å². The first-order valence-corrected chi connectivity index (χ1v) is 5.93. The summed E-state index contributed by atoms with van der Waals surface area (Å²) in [5, 5.41) is 12.4. The van der Waals surface area contributed by atoms with Crippen molar-refractivity contribution in [2.75, 3.05) is 5.32 Å². The van der Waals surface area contributed by atoms with E-state index in [-0.39, 0.29) is 11.0 Å². The molecule has 0 bridgehead atoms. The van der Waals surface area contributed by atoms with Gasteiger partial charge in [0.2, 0.25) is 0 Å². The molecule has 0 saturated heterocycles. The fourth-order valence-electron chi connectivity index (χ4n) is 1.27. The average Bonchev–Trinajstić information content (AvgIpc) is 2.67. The molecule has 0 radical (unpaired) electrons. The van der Waals surface area contributed by atoms with Gasteiger partial charge in [0, 0.05) is 6.54 Å². The minimum absolute atomic E-state index is 0.194. The lowest BCUT2D eigenvalue weighted by atomic mass is 10.2. The summed E-state index contributed by atoms with van der Waals surface area (Å²) in [6, 6.07) is 8.21. The van der Waals surface area contributed by atoms with Gasteiger partial charge in [0.1, 0.15) is 16.8 Å². The maximum Gasteiger partial charge on any atom is 0.185 e. The van der Waals surface area contributed by atoms with Crippen LogP contribution in [0.15, 0.2) is 24.3 Å². The number of nitriles is 1. The summed E-state index contributed by atoms with van der Waals surface area (Å²) in [5.41, 5.74) is 0.801. The summed E-state index contributed by atoms with van der Waals surface area (Å²) in [6.45, 7) is 0.437. The van der Waals surface area contributed by atoms with Crippen molar-refractivity contribution < 1.29 is 4.39 Å². The lowest BCUT2D eigenvalue weighted by molar-refractivity contribution is 0.626. The number of hydrogen-bond donors (Lipinski definition) is 1. The van der Waals surface area contributed by atoms with Crippen molar-refractivity contribution in [3.05, 3.63) is 45.7 Å². The Hall–Kier alpha value is -1.64. The van der Waals surface area contributed by atoms with Crippen LogP contribution in [0.25, 0.3) is 0 Å². The van der Waals surface area contributed by atoms with Crippen LogP contribution < -0.4 is 5.32 Å². The lowest BCUT2D eigenvalue weighted by Crippen LogP contribution is -1.98. The molecule has 0 aliphatic rings. The van der Waals surface area contributed by atoms with Gasteiger partial charge in [-0.1, -0.05) is 35.1 Å². The van der Waals surface area contributed by atoms with E-state index >= 15 is 0 Å². The Morgan fingerprint density at radius 2 is 2.35 bits per heavy atom. The summed E-state index contributed by atoms with van der Waals surface area (Å²) in [5.74, 6) is -0.279. The maximum absolute atomic E-state index is 12.9. The van der Waals surface area contributed by atoms with Crippen molar-refractivity contribution in [1.29, 1.82) is 5.26 Å². The first-order chi connectivity index (χ1) is 8.19. The Morgan fingerprint density at radius 3 is 3.00 bits per heavy atom. The normalized spacial score (nSPS) is 9.94. The Balaban J connectivity index is 2.05. The molecule has 0 atom stereocenters. The highest BCUT2D eigenvalue weighted by molar-refractivity contribution is 7.16. The van der Waals surface area contributed by atoms with Crippen molar-refractivity contribution in [3.63, 3.8) is 0 Å². The quantitative estimate of drug-likeness (QED) is 0.927. The highest BCUT2D eigenvalue weighted by Gasteiger charge is 2.07. The summed E-state index contributed by atoms with van der Waals surface area (Å²) in [4.78, 5) is 4.34. The van der Waals surface area contributed by atoms with Crippen LogP contribution >= 0.6 is 22.9 Å². The molecule has 2 aromatic rings. The van der Waals surface area contributed by atoms with Gasteiger partial charge >= 0.3 is 0 Å². The summed E-state index contributed by atoms with van der Waals surface area (Å²) in [6.07, 6.45) is 0. The SMILES string of the molecule is N#Cc1sc(NCc2cccc(F)c2)nc1Cl. The van der Waals surface area contributed by atoms with Crippen LogP contribution in [-0.2, 0) is 6.54 Å². The third kappa shape index (κ3) is 2.93. The summed E-state index contributed by atoms with van der Waals surface area (Å²) < 4.78 is 12.9. The number of rotatable bonds is 3. The average molecular weight is 268 g/mol. The van der Waals surface area contributed by atoms with Gasteiger partial charge in [0.25, 0.3) is 0 Å². The highest BCUT2D eigenvalue weighted by Crippen LogP contribution is 2.26. The number of hydrogen-bond acceptors (Lipinski definition) is 4. The monoisotopic (exact) mass is 267 g/mol. The van der Waals surface area contributed by atoms with E-state index in [9.17, 15) is 4.39 Å². The van der Waals surface area contributed by atoms with Gasteiger partial charge in [0.15, 0.2) is 10.3 Å². The summed E-state index contributed by atoms with van der Waals surface area (Å²) in [7, 11) is 0. The second-order valence-corrected chi connectivity index (χ2v) is 4.59. The highest BCUT2D eigenvalue weighted by atomic mass is 35.5. The molecule has 0 aliphatic carbocycles. The van der Waals surface area contributed by atoms with Gasteiger partial charge in [-0.05, 0) is 17.7 Å². The second kappa shape index (κ2) is 5.13. The van der Waals surface area contributed by atoms with Gasteiger partial charge in [-0.3, -0.25) is 0 Å². The van der Waals surface area contributed by atoms with Gasteiger partial charge in [-0.25, -0.2) is 9.37 Å². The number of halogens is 2. The maximum atomic E-state index is 12.9. The van der Waals surface area contributed by atoms with Crippen molar-refractivity contribution in [2.24, 2.45) is 0 Å². The molecule has 2 rings (SSSR count). The first kappa shape index (κ1) is 11.8. The van der Waals surface area contributed by atoms with E-state index in [1.807, 2.05) is 6.07 Å². The summed E-state index contributed by atoms with van der Waals surface area (Å²) >= 11 is 6.90. The molecule has 6 heteroatoms. The number of nitrogens with one attached hydrogen (secondary N) is 1. The molecular formula is C11H7ClFN3S. The molecule has 17 heavy (non-hydrogen) atoms. The molecule has 0 fully saturated rings. The molecule has 0 saturated carbocycles. The van der Waals surface area contributed by atoms with Crippen LogP contribution in [0.4, 0.5) is 9.52 Å². The Bertz CT molecular complexity index is 576. The van der Waals surface area contributed by atoms with E-state index in [0.717, 1.165) is 5.56 Å². The van der Waals surface area contributed by atoms with Crippen LogP contribution in [0.2, 0.25) is 5.15 Å². The zero-order chi connectivity index (χ0) is 12.3. The van der Waals surface area contributed by atoms with Crippen LogP contribution in [0, 0.1) is 17.1 Å². The van der Waals surface area contributed by atoms with E-state index in [1.54, 1.807) is 12.1 Å². The zero-order valence-electron chi connectivity index (χ0n) is 8.58. The van der Waals surface area contributed by atoms with E-state index in [1.165, 1.54) is 23.5 Å². The predicted octanol–water partition coefficient (Wildman–Crippen LogP) is 3.42. The zero-order valence-corrected chi connectivity index (χ0v) is 10.1. The van der Waals surface area contributed by atoms with E-state index < -0.39 is 0 Å². The molecule has 1 heterocycles. The van der Waals surface area contributed by atoms with Gasteiger partial charge < -0.3 is 5.32 Å². The smallest absolute Gasteiger partial charge is 0.185 e. The Morgan fingerprint density at radius 1 is 1.53 bits per heavy atom. The number of benzene rings is 1. The van der Waals surface area contributed by atoms with Crippen LogP contribution in [-0.4, -0.2) is 4.98 Å². The minimum Gasteiger partial charge on any atom is -0.357 e. The topological polar surface area (TPSA) is 48.7 Å². The molecule has 0 amide bonds. The molecule has 1 N–H and O–H groups in total. The largest absolute Gasteiger partial charge is 0.357 e. The molecule has 0 aliphatic heterocycles. The molecule has 1 aromatic heterocycles. The number of anilines is 1. The third-order valence-electron chi connectivity index (χ3n) is 2.02. The first-order valence-electron chi connectivity index (χ1n) is 4.74. The van der Waals surface area contributed by atoms with E-state index in [4.69, 9.17) is 16.9 Å². The van der Waals surface area contributed by atoms with Gasteiger partial charge in [-0.15, -0.1) is 0 Å². The standard InChI is InChI=1S/C11H7ClFN3S/c12-10-9(5-14)17-11(16-10)15-6-7-2-1-3-8(13)4-7/h1-4H,6H2,(H,15,16). The Labute approximate surface area is 106 Å².